The van der Waals surface area contributed by atoms with E-state index in [2.05, 4.69) is 13.2 Å². The highest BCUT2D eigenvalue weighted by Gasteiger charge is 2.03. The minimum Gasteiger partial charge on any atom is -0.432 e. The van der Waals surface area contributed by atoms with E-state index in [1.54, 1.807) is 0 Å². The highest BCUT2D eigenvalue weighted by molar-refractivity contribution is 5.59. The lowest BCUT2D eigenvalue weighted by Gasteiger charge is -2.07. The number of rotatable bonds is 11. The van der Waals surface area contributed by atoms with Crippen LogP contribution in [0, 0.1) is 0 Å². The Kier molecular flexibility index (Phi) is 18.3. The zero-order valence-corrected chi connectivity index (χ0v) is 13.5. The first kappa shape index (κ1) is 22.9. The average molecular weight is 320 g/mol. The van der Waals surface area contributed by atoms with Crippen LogP contribution in [0.15, 0.2) is 24.3 Å². The molecule has 0 aliphatic rings. The molecule has 0 saturated carbocycles. The summed E-state index contributed by atoms with van der Waals surface area (Å²) in [6.07, 6.45) is -0.715. The summed E-state index contributed by atoms with van der Waals surface area (Å²) in [6.45, 7) is 12.8. The number of aliphatic hydroxyl groups excluding tert-OH is 2. The lowest BCUT2D eigenvalue weighted by atomic mass is 10.4. The van der Waals surface area contributed by atoms with Crippen LogP contribution in [0.3, 0.4) is 0 Å². The van der Waals surface area contributed by atoms with Crippen molar-refractivity contribution in [3.63, 3.8) is 0 Å². The highest BCUT2D eigenvalue weighted by Crippen LogP contribution is 1.91. The van der Waals surface area contributed by atoms with Gasteiger partial charge in [0.15, 0.2) is 0 Å². The first-order valence-corrected chi connectivity index (χ1v) is 6.89. The molecule has 0 saturated heterocycles. The number of hydrogen-bond acceptors (Lipinski definition) is 7. The molecule has 2 N–H and O–H groups in total. The minimum atomic E-state index is -0.715. The zero-order chi connectivity index (χ0) is 17.2. The van der Waals surface area contributed by atoms with Crippen molar-refractivity contribution in [1.82, 2.24) is 0 Å². The van der Waals surface area contributed by atoms with Gasteiger partial charge in [-0.2, -0.15) is 0 Å². The fourth-order valence-electron chi connectivity index (χ4n) is 0.902. The lowest BCUT2D eigenvalue weighted by molar-refractivity contribution is 0.0156. The molecule has 0 aliphatic carbocycles. The summed E-state index contributed by atoms with van der Waals surface area (Å²) < 4.78 is 19.8. The van der Waals surface area contributed by atoms with E-state index in [1.165, 1.54) is 0 Å². The predicted molar refractivity (Wildman–Crippen MR) is 82.7 cm³/mol. The van der Waals surface area contributed by atoms with Crippen molar-refractivity contribution < 1.29 is 34.0 Å². The summed E-state index contributed by atoms with van der Waals surface area (Å²) in [6, 6.07) is 0. The third-order valence-corrected chi connectivity index (χ3v) is 1.69. The summed E-state index contributed by atoms with van der Waals surface area (Å²) in [5.74, 6) is 0. The van der Waals surface area contributed by atoms with Crippen molar-refractivity contribution in [1.29, 1.82) is 0 Å². The predicted octanol–water partition coefficient (Wildman–Crippen LogP) is 1.30. The largest absolute Gasteiger partial charge is 0.508 e. The third kappa shape index (κ3) is 23.7. The summed E-state index contributed by atoms with van der Waals surface area (Å²) in [5.41, 5.74) is 1.85. The molecular formula is C15H28O7. The van der Waals surface area contributed by atoms with Gasteiger partial charge in [0.05, 0.1) is 39.6 Å². The Balaban J connectivity index is 0. The molecule has 7 heteroatoms. The number of carbonyl (C=O) groups excluding carboxylic acids is 1. The van der Waals surface area contributed by atoms with Crippen LogP contribution in [0.1, 0.15) is 13.8 Å². The van der Waals surface area contributed by atoms with Gasteiger partial charge in [-0.3, -0.25) is 0 Å². The van der Waals surface area contributed by atoms with Gasteiger partial charge in [0, 0.05) is 0 Å². The van der Waals surface area contributed by atoms with Crippen molar-refractivity contribution in [3.05, 3.63) is 24.3 Å². The lowest BCUT2D eigenvalue weighted by Crippen LogP contribution is -2.15. The summed E-state index contributed by atoms with van der Waals surface area (Å²) in [7, 11) is 0. The van der Waals surface area contributed by atoms with Crippen molar-refractivity contribution >= 4 is 6.16 Å². The second-order valence-corrected chi connectivity index (χ2v) is 4.41. The monoisotopic (exact) mass is 320 g/mol. The molecule has 0 amide bonds. The number of hydrogen-bond donors (Lipinski definition) is 2. The molecule has 0 fully saturated rings. The van der Waals surface area contributed by atoms with Crippen molar-refractivity contribution in [3.8, 4) is 0 Å². The van der Waals surface area contributed by atoms with Gasteiger partial charge >= 0.3 is 6.16 Å². The molecule has 22 heavy (non-hydrogen) atoms. The van der Waals surface area contributed by atoms with Gasteiger partial charge in [0.1, 0.15) is 13.2 Å². The van der Waals surface area contributed by atoms with E-state index in [0.29, 0.717) is 26.4 Å². The molecule has 0 aromatic carbocycles. The first-order chi connectivity index (χ1) is 10.4. The van der Waals surface area contributed by atoms with Crippen LogP contribution in [-0.4, -0.2) is 69.2 Å². The molecule has 0 bridgehead atoms. The van der Waals surface area contributed by atoms with Gasteiger partial charge in [0.25, 0.3) is 0 Å². The maximum absolute atomic E-state index is 11.0. The number of ether oxygens (including phenoxy) is 4. The molecule has 0 aliphatic heterocycles. The second-order valence-electron chi connectivity index (χ2n) is 4.41. The van der Waals surface area contributed by atoms with E-state index >= 15 is 0 Å². The Morgan fingerprint density at radius 2 is 1.18 bits per heavy atom. The molecular weight excluding hydrogens is 292 g/mol. The summed E-state index contributed by atoms with van der Waals surface area (Å²) >= 11 is 0. The van der Waals surface area contributed by atoms with Gasteiger partial charge in [-0.25, -0.2) is 4.79 Å². The van der Waals surface area contributed by atoms with Crippen molar-refractivity contribution in [2.24, 2.45) is 0 Å². The number of carbonyl (C=O) groups is 1. The van der Waals surface area contributed by atoms with Crippen LogP contribution in [0.25, 0.3) is 0 Å². The van der Waals surface area contributed by atoms with Gasteiger partial charge < -0.3 is 29.2 Å². The molecule has 0 aromatic rings. The van der Waals surface area contributed by atoms with Gasteiger partial charge in [0.2, 0.25) is 0 Å². The normalized spacial score (nSPS) is 9.45. The first-order valence-electron chi connectivity index (χ1n) is 6.89. The third-order valence-electron chi connectivity index (χ3n) is 1.69. The van der Waals surface area contributed by atoms with Crippen molar-refractivity contribution in [2.75, 3.05) is 52.9 Å². The maximum atomic E-state index is 11.0. The van der Waals surface area contributed by atoms with E-state index in [-0.39, 0.29) is 26.4 Å². The fraction of sp³-hybridized carbons (Fsp3) is 0.667. The van der Waals surface area contributed by atoms with E-state index < -0.39 is 6.16 Å². The van der Waals surface area contributed by atoms with E-state index in [0.717, 1.165) is 11.1 Å². The second kappa shape index (κ2) is 17.6. The van der Waals surface area contributed by atoms with Crippen LogP contribution in [0.2, 0.25) is 0 Å². The average Bonchev–Trinajstić information content (AvgIpc) is 2.46. The van der Waals surface area contributed by atoms with Crippen molar-refractivity contribution in [2.45, 2.75) is 13.8 Å². The van der Waals surface area contributed by atoms with Crippen LogP contribution in [0.5, 0.6) is 0 Å². The Labute approximate surface area is 132 Å². The van der Waals surface area contributed by atoms with Gasteiger partial charge in [-0.05, 0) is 13.8 Å². The quantitative estimate of drug-likeness (QED) is 0.336. The SMILES string of the molecule is C=C(C)COCCOC(=O)OCCOCC(=C)C.OCCO. The van der Waals surface area contributed by atoms with Crippen LogP contribution in [-0.2, 0) is 18.9 Å². The van der Waals surface area contributed by atoms with Gasteiger partial charge in [-0.1, -0.05) is 24.3 Å². The van der Waals surface area contributed by atoms with Crippen LogP contribution < -0.4 is 0 Å². The van der Waals surface area contributed by atoms with Crippen LogP contribution in [0.4, 0.5) is 4.79 Å². The molecule has 0 heterocycles. The minimum absolute atomic E-state index is 0.125. The fourth-order valence-corrected chi connectivity index (χ4v) is 0.902. The molecule has 0 rings (SSSR count). The standard InChI is InChI=1S/C13H22O5.C2H6O2/c1-11(2)9-15-5-7-17-13(14)18-8-6-16-10-12(3)4;3-1-2-4/h1,3,5-10H2,2,4H3;3-4H,1-2H2. The van der Waals surface area contributed by atoms with E-state index in [9.17, 15) is 4.79 Å². The van der Waals surface area contributed by atoms with E-state index in [4.69, 9.17) is 29.2 Å². The molecule has 130 valence electrons. The molecule has 7 nitrogen and oxygen atoms in total. The molecule has 0 aromatic heterocycles. The Morgan fingerprint density at radius 3 is 1.45 bits per heavy atom. The number of aliphatic hydroxyl groups is 2. The Bertz CT molecular complexity index is 274. The molecule has 0 atom stereocenters. The topological polar surface area (TPSA) is 94.5 Å². The van der Waals surface area contributed by atoms with Gasteiger partial charge in [-0.15, -0.1) is 0 Å². The zero-order valence-electron chi connectivity index (χ0n) is 13.5. The van der Waals surface area contributed by atoms with Crippen LogP contribution >= 0.6 is 0 Å². The molecule has 0 unspecified atom stereocenters. The van der Waals surface area contributed by atoms with E-state index in [1.807, 2.05) is 13.8 Å². The molecule has 0 radical (unpaired) electrons. The Morgan fingerprint density at radius 1 is 0.818 bits per heavy atom. The molecule has 0 spiro atoms. The maximum Gasteiger partial charge on any atom is 0.508 e. The Hall–Kier alpha value is -1.41. The smallest absolute Gasteiger partial charge is 0.432 e. The summed E-state index contributed by atoms with van der Waals surface area (Å²) in [4.78, 5) is 11.0. The summed E-state index contributed by atoms with van der Waals surface area (Å²) in [5, 5.41) is 15.2. The highest BCUT2D eigenvalue weighted by atomic mass is 16.7.